The smallest absolute Gasteiger partial charge is 0.277 e. The molecule has 0 fully saturated rings. The molecule has 3 aromatic rings. The third-order valence-corrected chi connectivity index (χ3v) is 6.61. The molecule has 1 aromatic carbocycles. The van der Waals surface area contributed by atoms with Gasteiger partial charge in [-0.25, -0.2) is 3.97 Å². The summed E-state index contributed by atoms with van der Waals surface area (Å²) in [6.07, 6.45) is 2.29. The standard InChI is InChI=1S/C14H13ClN2O2S2/c15-13-5-6-14(20-13)21(18,19)17-9-10(7-8-16)11-3-1-2-4-12(11)17/h1-6,9H,7-8,16H2. The van der Waals surface area contributed by atoms with Crippen molar-refractivity contribution in [3.63, 3.8) is 0 Å². The molecule has 0 unspecified atom stereocenters. The molecule has 0 saturated carbocycles. The predicted molar refractivity (Wildman–Crippen MR) is 86.6 cm³/mol. The molecule has 110 valence electrons. The second-order valence-corrected chi connectivity index (χ2v) is 8.33. The molecule has 2 aromatic heterocycles. The molecule has 0 aliphatic heterocycles. The van der Waals surface area contributed by atoms with E-state index in [4.69, 9.17) is 17.3 Å². The number of para-hydroxylation sites is 1. The number of nitrogens with two attached hydrogens (primary N) is 1. The van der Waals surface area contributed by atoms with Gasteiger partial charge in [0.1, 0.15) is 4.21 Å². The Balaban J connectivity index is 2.25. The molecule has 0 atom stereocenters. The van der Waals surface area contributed by atoms with Gasteiger partial charge in [-0.2, -0.15) is 8.42 Å². The first-order chi connectivity index (χ1) is 10.0. The van der Waals surface area contributed by atoms with Gasteiger partial charge in [0.05, 0.1) is 9.85 Å². The van der Waals surface area contributed by atoms with E-state index in [1.165, 1.54) is 10.0 Å². The van der Waals surface area contributed by atoms with Crippen LogP contribution in [-0.2, 0) is 16.4 Å². The van der Waals surface area contributed by atoms with Gasteiger partial charge in [-0.05, 0) is 36.7 Å². The van der Waals surface area contributed by atoms with Gasteiger partial charge in [-0.15, -0.1) is 11.3 Å². The lowest BCUT2D eigenvalue weighted by atomic mass is 10.1. The van der Waals surface area contributed by atoms with Gasteiger partial charge < -0.3 is 5.73 Å². The summed E-state index contributed by atoms with van der Waals surface area (Å²) in [6, 6.07) is 10.5. The third kappa shape index (κ3) is 2.48. The van der Waals surface area contributed by atoms with Gasteiger partial charge in [-0.3, -0.25) is 0 Å². The number of rotatable bonds is 4. The Labute approximate surface area is 131 Å². The highest BCUT2D eigenvalue weighted by atomic mass is 35.5. The van der Waals surface area contributed by atoms with Crippen LogP contribution < -0.4 is 5.73 Å². The highest BCUT2D eigenvalue weighted by Gasteiger charge is 2.22. The molecule has 0 amide bonds. The van der Waals surface area contributed by atoms with Crippen LogP contribution in [0.5, 0.6) is 0 Å². The van der Waals surface area contributed by atoms with Crippen LogP contribution in [0.4, 0.5) is 0 Å². The summed E-state index contributed by atoms with van der Waals surface area (Å²) < 4.78 is 27.5. The first-order valence-electron chi connectivity index (χ1n) is 6.34. The van der Waals surface area contributed by atoms with Gasteiger partial charge in [0.25, 0.3) is 10.0 Å². The fourth-order valence-corrected chi connectivity index (χ4v) is 5.27. The third-order valence-electron chi connectivity index (χ3n) is 3.24. The van der Waals surface area contributed by atoms with Crippen molar-refractivity contribution in [2.45, 2.75) is 10.6 Å². The Kier molecular flexibility index (Phi) is 3.79. The molecule has 0 saturated heterocycles. The van der Waals surface area contributed by atoms with Crippen LogP contribution >= 0.6 is 22.9 Å². The topological polar surface area (TPSA) is 65.1 Å². The van der Waals surface area contributed by atoms with E-state index >= 15 is 0 Å². The van der Waals surface area contributed by atoms with Crippen molar-refractivity contribution in [3.8, 4) is 0 Å². The number of benzene rings is 1. The normalized spacial score (nSPS) is 12.1. The summed E-state index contributed by atoms with van der Waals surface area (Å²) in [5.74, 6) is 0. The molecular formula is C14H13ClN2O2S2. The van der Waals surface area contributed by atoms with Crippen LogP contribution in [0.15, 0.2) is 46.8 Å². The summed E-state index contributed by atoms with van der Waals surface area (Å²) in [5, 5.41) is 0.911. The van der Waals surface area contributed by atoms with Crippen molar-refractivity contribution in [3.05, 3.63) is 52.5 Å². The lowest BCUT2D eigenvalue weighted by Gasteiger charge is -2.04. The van der Waals surface area contributed by atoms with Crippen LogP contribution in [0.3, 0.4) is 0 Å². The number of thiophene rings is 1. The molecule has 7 heteroatoms. The van der Waals surface area contributed by atoms with Crippen molar-refractivity contribution >= 4 is 43.9 Å². The van der Waals surface area contributed by atoms with E-state index in [1.807, 2.05) is 18.2 Å². The second kappa shape index (κ2) is 5.46. The number of aromatic nitrogens is 1. The first kappa shape index (κ1) is 14.6. The molecule has 0 radical (unpaired) electrons. The molecule has 2 N–H and O–H groups in total. The van der Waals surface area contributed by atoms with E-state index in [2.05, 4.69) is 0 Å². The second-order valence-electron chi connectivity index (χ2n) is 4.57. The van der Waals surface area contributed by atoms with Gasteiger partial charge in [0, 0.05) is 11.6 Å². The lowest BCUT2D eigenvalue weighted by molar-refractivity contribution is 0.591. The maximum absolute atomic E-state index is 12.8. The largest absolute Gasteiger partial charge is 0.330 e. The van der Waals surface area contributed by atoms with Crippen LogP contribution in [0.1, 0.15) is 5.56 Å². The molecule has 3 rings (SSSR count). The zero-order chi connectivity index (χ0) is 15.0. The average molecular weight is 341 g/mol. The van der Waals surface area contributed by atoms with Gasteiger partial charge in [0.15, 0.2) is 0 Å². The van der Waals surface area contributed by atoms with E-state index in [-0.39, 0.29) is 4.21 Å². The molecule has 21 heavy (non-hydrogen) atoms. The number of nitrogens with zero attached hydrogens (tertiary/aromatic N) is 1. The maximum Gasteiger partial charge on any atom is 0.277 e. The van der Waals surface area contributed by atoms with E-state index in [0.717, 1.165) is 22.3 Å². The fraction of sp³-hybridized carbons (Fsp3) is 0.143. The molecule has 0 bridgehead atoms. The van der Waals surface area contributed by atoms with Crippen LogP contribution in [-0.4, -0.2) is 18.9 Å². The molecule has 0 aliphatic rings. The molecule has 2 heterocycles. The van der Waals surface area contributed by atoms with Gasteiger partial charge in [-0.1, -0.05) is 29.8 Å². The number of hydrogen-bond acceptors (Lipinski definition) is 4. The van der Waals surface area contributed by atoms with Crippen molar-refractivity contribution < 1.29 is 8.42 Å². The van der Waals surface area contributed by atoms with Crippen LogP contribution in [0, 0.1) is 0 Å². The SMILES string of the molecule is NCCc1cn(S(=O)(=O)c2ccc(Cl)s2)c2ccccc12. The summed E-state index contributed by atoms with van der Waals surface area (Å²) in [7, 11) is -3.63. The number of fused-ring (bicyclic) bond motifs is 1. The van der Waals surface area contributed by atoms with E-state index < -0.39 is 10.0 Å². The molecule has 0 aliphatic carbocycles. The predicted octanol–water partition coefficient (Wildman–Crippen LogP) is 3.09. The van der Waals surface area contributed by atoms with E-state index in [1.54, 1.807) is 18.3 Å². The van der Waals surface area contributed by atoms with Gasteiger partial charge in [0.2, 0.25) is 0 Å². The Morgan fingerprint density at radius 3 is 2.62 bits per heavy atom. The Hall–Kier alpha value is -1.34. The van der Waals surface area contributed by atoms with Crippen LogP contribution in [0.25, 0.3) is 10.9 Å². The maximum atomic E-state index is 12.8. The molecular weight excluding hydrogens is 328 g/mol. The summed E-state index contributed by atoms with van der Waals surface area (Å²) in [6.45, 7) is 0.471. The highest BCUT2D eigenvalue weighted by Crippen LogP contribution is 2.31. The van der Waals surface area contributed by atoms with E-state index in [9.17, 15) is 8.42 Å². The van der Waals surface area contributed by atoms with Crippen molar-refractivity contribution in [2.24, 2.45) is 5.73 Å². The van der Waals surface area contributed by atoms with Crippen molar-refractivity contribution in [2.75, 3.05) is 6.54 Å². The quantitative estimate of drug-likeness (QED) is 0.793. The minimum Gasteiger partial charge on any atom is -0.330 e. The highest BCUT2D eigenvalue weighted by molar-refractivity contribution is 7.92. The Morgan fingerprint density at radius 2 is 1.95 bits per heavy atom. The Bertz CT molecular complexity index is 897. The number of hydrogen-bond donors (Lipinski definition) is 1. The zero-order valence-electron chi connectivity index (χ0n) is 11.0. The zero-order valence-corrected chi connectivity index (χ0v) is 13.4. The summed E-state index contributed by atoms with van der Waals surface area (Å²) in [5.41, 5.74) is 7.20. The monoisotopic (exact) mass is 340 g/mol. The first-order valence-corrected chi connectivity index (χ1v) is 8.97. The van der Waals surface area contributed by atoms with E-state index in [0.29, 0.717) is 22.8 Å². The minimum atomic E-state index is -3.63. The molecule has 4 nitrogen and oxygen atoms in total. The summed E-state index contributed by atoms with van der Waals surface area (Å²) in [4.78, 5) is 0. The van der Waals surface area contributed by atoms with Crippen molar-refractivity contribution in [1.82, 2.24) is 3.97 Å². The van der Waals surface area contributed by atoms with Crippen molar-refractivity contribution in [1.29, 1.82) is 0 Å². The number of halogens is 1. The lowest BCUT2D eigenvalue weighted by Crippen LogP contribution is -2.10. The van der Waals surface area contributed by atoms with Gasteiger partial charge >= 0.3 is 0 Å². The average Bonchev–Trinajstić information content (AvgIpc) is 3.05. The summed E-state index contributed by atoms with van der Waals surface area (Å²) >= 11 is 6.91. The Morgan fingerprint density at radius 1 is 1.19 bits per heavy atom. The molecule has 0 spiro atoms. The minimum absolute atomic E-state index is 0.229. The fourth-order valence-electron chi connectivity index (χ4n) is 2.30. The van der Waals surface area contributed by atoms with Crippen LogP contribution in [0.2, 0.25) is 4.34 Å².